The maximum absolute atomic E-state index is 13.2. The van der Waals surface area contributed by atoms with Crippen LogP contribution in [0.5, 0.6) is 0 Å². The number of nitrogens with zero attached hydrogens (tertiary/aromatic N) is 4. The van der Waals surface area contributed by atoms with E-state index in [0.717, 1.165) is 25.1 Å². The Labute approximate surface area is 150 Å². The van der Waals surface area contributed by atoms with E-state index in [1.165, 1.54) is 12.8 Å². The highest BCUT2D eigenvalue weighted by atomic mass is 16.2. The molecule has 1 aromatic heterocycles. The van der Waals surface area contributed by atoms with Crippen molar-refractivity contribution in [2.24, 2.45) is 13.0 Å². The van der Waals surface area contributed by atoms with Crippen LogP contribution >= 0.6 is 0 Å². The molecule has 25 heavy (non-hydrogen) atoms. The molecular weight excluding hydrogens is 316 g/mol. The standard InChI is InChI=1S/C19H30N4O2/c1-13(2)11-22-9-10-23(14(3)18(22)24)19(25)16-12-21(4)20-17(16)15-7-5-6-8-15/h12-15H,5-11H2,1-4H3. The molecule has 6 heteroatoms. The Hall–Kier alpha value is -1.85. The molecule has 2 amide bonds. The summed E-state index contributed by atoms with van der Waals surface area (Å²) in [6.07, 6.45) is 6.45. The Bertz CT molecular complexity index is 646. The lowest BCUT2D eigenvalue weighted by molar-refractivity contribution is -0.140. The SMILES string of the molecule is CC(C)CN1CCN(C(=O)c2cn(C)nc2C2CCCC2)C(C)C1=O. The molecule has 0 radical (unpaired) electrons. The van der Waals surface area contributed by atoms with Gasteiger partial charge in [-0.05, 0) is 25.7 Å². The summed E-state index contributed by atoms with van der Waals surface area (Å²) >= 11 is 0. The third kappa shape index (κ3) is 3.58. The fourth-order valence-corrected chi connectivity index (χ4v) is 4.16. The second-order valence-electron chi connectivity index (χ2n) is 7.94. The topological polar surface area (TPSA) is 58.4 Å². The average molecular weight is 346 g/mol. The summed E-state index contributed by atoms with van der Waals surface area (Å²) < 4.78 is 1.74. The Morgan fingerprint density at radius 1 is 1.28 bits per heavy atom. The van der Waals surface area contributed by atoms with Crippen molar-refractivity contribution >= 4 is 11.8 Å². The van der Waals surface area contributed by atoms with Gasteiger partial charge in [0.05, 0.1) is 11.3 Å². The zero-order valence-electron chi connectivity index (χ0n) is 15.9. The lowest BCUT2D eigenvalue weighted by Crippen LogP contribution is -2.58. The summed E-state index contributed by atoms with van der Waals surface area (Å²) in [6, 6.07) is -0.406. The highest BCUT2D eigenvalue weighted by molar-refractivity contribution is 5.99. The minimum absolute atomic E-state index is 0.0416. The number of carbonyl (C=O) groups excluding carboxylic acids is 2. The molecule has 1 saturated heterocycles. The molecule has 3 rings (SSSR count). The molecular formula is C19H30N4O2. The van der Waals surface area contributed by atoms with Crippen molar-refractivity contribution in [1.82, 2.24) is 19.6 Å². The van der Waals surface area contributed by atoms with Gasteiger partial charge in [0.15, 0.2) is 0 Å². The highest BCUT2D eigenvalue weighted by Crippen LogP contribution is 2.35. The summed E-state index contributed by atoms with van der Waals surface area (Å²) in [4.78, 5) is 29.5. The molecule has 2 fully saturated rings. The Morgan fingerprint density at radius 3 is 2.60 bits per heavy atom. The first-order valence-electron chi connectivity index (χ1n) is 9.51. The van der Waals surface area contributed by atoms with E-state index in [1.807, 2.05) is 25.1 Å². The summed E-state index contributed by atoms with van der Waals surface area (Å²) in [5.74, 6) is 0.832. The second kappa shape index (κ2) is 7.18. The number of amides is 2. The van der Waals surface area contributed by atoms with E-state index in [1.54, 1.807) is 9.58 Å². The van der Waals surface area contributed by atoms with Crippen LogP contribution in [0.1, 0.15) is 68.4 Å². The van der Waals surface area contributed by atoms with Gasteiger partial charge in [-0.2, -0.15) is 5.10 Å². The first-order chi connectivity index (χ1) is 11.9. The number of aromatic nitrogens is 2. The van der Waals surface area contributed by atoms with E-state index in [-0.39, 0.29) is 11.8 Å². The van der Waals surface area contributed by atoms with Crippen LogP contribution in [0.4, 0.5) is 0 Å². The molecule has 2 heterocycles. The van der Waals surface area contributed by atoms with Gasteiger partial charge in [-0.3, -0.25) is 14.3 Å². The van der Waals surface area contributed by atoms with Gasteiger partial charge in [0.25, 0.3) is 5.91 Å². The number of rotatable bonds is 4. The van der Waals surface area contributed by atoms with Crippen LogP contribution in [-0.4, -0.2) is 57.1 Å². The normalized spacial score (nSPS) is 22.3. The van der Waals surface area contributed by atoms with E-state index in [9.17, 15) is 9.59 Å². The number of hydrogen-bond acceptors (Lipinski definition) is 3. The summed E-state index contributed by atoms with van der Waals surface area (Å²) in [5.41, 5.74) is 1.61. The van der Waals surface area contributed by atoms with Gasteiger partial charge in [-0.1, -0.05) is 26.7 Å². The monoisotopic (exact) mass is 346 g/mol. The highest BCUT2D eigenvalue weighted by Gasteiger charge is 2.37. The Morgan fingerprint density at radius 2 is 1.96 bits per heavy atom. The lowest BCUT2D eigenvalue weighted by Gasteiger charge is -2.39. The lowest BCUT2D eigenvalue weighted by atomic mass is 9.99. The third-order valence-electron chi connectivity index (χ3n) is 5.42. The van der Waals surface area contributed by atoms with Crippen molar-refractivity contribution in [3.05, 3.63) is 17.5 Å². The third-order valence-corrected chi connectivity index (χ3v) is 5.42. The summed E-state index contributed by atoms with van der Waals surface area (Å²) in [7, 11) is 1.87. The van der Waals surface area contributed by atoms with E-state index in [2.05, 4.69) is 18.9 Å². The Balaban J connectivity index is 1.79. The number of piperazine rings is 1. The van der Waals surface area contributed by atoms with Crippen LogP contribution in [-0.2, 0) is 11.8 Å². The maximum atomic E-state index is 13.2. The molecule has 1 atom stereocenters. The van der Waals surface area contributed by atoms with E-state index < -0.39 is 6.04 Å². The van der Waals surface area contributed by atoms with Crippen molar-refractivity contribution in [2.45, 2.75) is 58.4 Å². The predicted molar refractivity (Wildman–Crippen MR) is 96.3 cm³/mol. The molecule has 138 valence electrons. The zero-order valence-corrected chi connectivity index (χ0v) is 15.9. The van der Waals surface area contributed by atoms with Crippen LogP contribution < -0.4 is 0 Å². The molecule has 1 saturated carbocycles. The summed E-state index contributed by atoms with van der Waals surface area (Å²) in [5, 5.41) is 4.58. The number of aryl methyl sites for hydroxylation is 1. The van der Waals surface area contributed by atoms with Crippen molar-refractivity contribution in [3.8, 4) is 0 Å². The molecule has 1 aliphatic heterocycles. The molecule has 6 nitrogen and oxygen atoms in total. The predicted octanol–water partition coefficient (Wildman–Crippen LogP) is 2.41. The Kier molecular flexibility index (Phi) is 5.16. The van der Waals surface area contributed by atoms with E-state index >= 15 is 0 Å². The quantitative estimate of drug-likeness (QED) is 0.841. The summed E-state index contributed by atoms with van der Waals surface area (Å²) in [6.45, 7) is 8.03. The molecule has 0 spiro atoms. The molecule has 1 aromatic rings. The number of carbonyl (C=O) groups is 2. The van der Waals surface area contributed by atoms with Gasteiger partial charge in [0, 0.05) is 38.8 Å². The second-order valence-corrected chi connectivity index (χ2v) is 7.94. The average Bonchev–Trinajstić information content (AvgIpc) is 3.20. The first-order valence-corrected chi connectivity index (χ1v) is 9.51. The van der Waals surface area contributed by atoms with Crippen LogP contribution in [0.3, 0.4) is 0 Å². The van der Waals surface area contributed by atoms with Crippen LogP contribution in [0.15, 0.2) is 6.20 Å². The largest absolute Gasteiger partial charge is 0.339 e. The fraction of sp³-hybridized carbons (Fsp3) is 0.737. The number of hydrogen-bond donors (Lipinski definition) is 0. The molecule has 1 unspecified atom stereocenters. The fourth-order valence-electron chi connectivity index (χ4n) is 4.16. The van der Waals surface area contributed by atoms with Gasteiger partial charge in [-0.25, -0.2) is 0 Å². The molecule has 2 aliphatic rings. The van der Waals surface area contributed by atoms with Crippen LogP contribution in [0, 0.1) is 5.92 Å². The molecule has 0 N–H and O–H groups in total. The zero-order chi connectivity index (χ0) is 18.1. The van der Waals surface area contributed by atoms with E-state index in [0.29, 0.717) is 30.5 Å². The van der Waals surface area contributed by atoms with Crippen molar-refractivity contribution in [1.29, 1.82) is 0 Å². The minimum atomic E-state index is -0.406. The van der Waals surface area contributed by atoms with Crippen molar-refractivity contribution in [2.75, 3.05) is 19.6 Å². The van der Waals surface area contributed by atoms with Gasteiger partial charge in [0.1, 0.15) is 6.04 Å². The minimum Gasteiger partial charge on any atom is -0.339 e. The van der Waals surface area contributed by atoms with Gasteiger partial charge in [0.2, 0.25) is 5.91 Å². The molecule has 0 bridgehead atoms. The first kappa shape index (κ1) is 18.0. The van der Waals surface area contributed by atoms with Crippen LogP contribution in [0.25, 0.3) is 0 Å². The van der Waals surface area contributed by atoms with E-state index in [4.69, 9.17) is 0 Å². The van der Waals surface area contributed by atoms with Crippen LogP contribution in [0.2, 0.25) is 0 Å². The van der Waals surface area contributed by atoms with Gasteiger partial charge in [-0.15, -0.1) is 0 Å². The smallest absolute Gasteiger partial charge is 0.258 e. The van der Waals surface area contributed by atoms with Crippen molar-refractivity contribution in [3.63, 3.8) is 0 Å². The van der Waals surface area contributed by atoms with Gasteiger partial charge < -0.3 is 9.80 Å². The maximum Gasteiger partial charge on any atom is 0.258 e. The van der Waals surface area contributed by atoms with Gasteiger partial charge >= 0.3 is 0 Å². The molecule has 1 aliphatic carbocycles. The van der Waals surface area contributed by atoms with Crippen molar-refractivity contribution < 1.29 is 9.59 Å². The molecule has 0 aromatic carbocycles.